The highest BCUT2D eigenvalue weighted by atomic mass is 16.4. The molecule has 0 saturated carbocycles. The van der Waals surface area contributed by atoms with E-state index in [0.29, 0.717) is 0 Å². The lowest BCUT2D eigenvalue weighted by Crippen LogP contribution is -2.51. The number of benzene rings is 1. The normalized spacial score (nSPS) is 12.7. The Balaban J connectivity index is 2.54. The van der Waals surface area contributed by atoms with E-state index in [0.717, 1.165) is 5.56 Å². The SMILES string of the molecule is O=CN[C@@H](CC(=O)NN[C@@H](Cc1ccccc1)C(=O)O)C(=O)O. The third kappa shape index (κ3) is 6.57. The number of aliphatic carboxylic acids is 2. The van der Waals surface area contributed by atoms with Crippen LogP contribution in [0.4, 0.5) is 0 Å². The van der Waals surface area contributed by atoms with Crippen molar-refractivity contribution in [1.29, 1.82) is 0 Å². The fourth-order valence-corrected chi connectivity index (χ4v) is 1.75. The average molecular weight is 323 g/mol. The van der Waals surface area contributed by atoms with Crippen LogP contribution < -0.4 is 16.2 Å². The van der Waals surface area contributed by atoms with E-state index < -0.39 is 36.4 Å². The molecule has 124 valence electrons. The van der Waals surface area contributed by atoms with E-state index in [9.17, 15) is 19.2 Å². The van der Waals surface area contributed by atoms with E-state index in [-0.39, 0.29) is 12.8 Å². The van der Waals surface area contributed by atoms with Crippen LogP contribution in [0.5, 0.6) is 0 Å². The van der Waals surface area contributed by atoms with E-state index in [1.807, 2.05) is 5.32 Å². The van der Waals surface area contributed by atoms with Crippen LogP contribution in [0.15, 0.2) is 30.3 Å². The molecule has 2 amide bonds. The van der Waals surface area contributed by atoms with Gasteiger partial charge in [0.2, 0.25) is 12.3 Å². The molecule has 0 aliphatic carbocycles. The minimum absolute atomic E-state index is 0.130. The molecule has 0 spiro atoms. The highest BCUT2D eigenvalue weighted by Crippen LogP contribution is 2.03. The average Bonchev–Trinajstić information content (AvgIpc) is 2.51. The Kier molecular flexibility index (Phi) is 7.21. The van der Waals surface area contributed by atoms with Gasteiger partial charge in [-0.25, -0.2) is 10.2 Å². The fourth-order valence-electron chi connectivity index (χ4n) is 1.75. The molecule has 2 atom stereocenters. The number of rotatable bonds is 10. The summed E-state index contributed by atoms with van der Waals surface area (Å²) in [5, 5.41) is 19.9. The number of carboxylic acids is 2. The maximum atomic E-state index is 11.6. The molecule has 1 rings (SSSR count). The molecular formula is C14H17N3O6. The molecule has 23 heavy (non-hydrogen) atoms. The highest BCUT2D eigenvalue weighted by molar-refractivity contribution is 5.85. The quantitative estimate of drug-likeness (QED) is 0.271. The van der Waals surface area contributed by atoms with Gasteiger partial charge in [-0.3, -0.25) is 19.8 Å². The predicted molar refractivity (Wildman–Crippen MR) is 78.1 cm³/mol. The van der Waals surface area contributed by atoms with Crippen LogP contribution >= 0.6 is 0 Å². The van der Waals surface area contributed by atoms with E-state index >= 15 is 0 Å². The Bertz CT molecular complexity index is 563. The Morgan fingerprint density at radius 2 is 1.65 bits per heavy atom. The molecule has 5 N–H and O–H groups in total. The summed E-state index contributed by atoms with van der Waals surface area (Å²) in [6.07, 6.45) is -0.223. The van der Waals surface area contributed by atoms with Crippen molar-refractivity contribution in [2.24, 2.45) is 0 Å². The number of hydrazine groups is 1. The van der Waals surface area contributed by atoms with Crippen molar-refractivity contribution >= 4 is 24.3 Å². The number of hydrogen-bond acceptors (Lipinski definition) is 5. The molecule has 9 nitrogen and oxygen atoms in total. The third-order valence-corrected chi connectivity index (χ3v) is 2.92. The summed E-state index contributed by atoms with van der Waals surface area (Å²) < 4.78 is 0. The lowest BCUT2D eigenvalue weighted by atomic mass is 10.1. The molecular weight excluding hydrogens is 306 g/mol. The van der Waals surface area contributed by atoms with Crippen LogP contribution in [0.1, 0.15) is 12.0 Å². The largest absolute Gasteiger partial charge is 0.480 e. The summed E-state index contributed by atoms with van der Waals surface area (Å²) in [5.74, 6) is -3.30. The smallest absolute Gasteiger partial charge is 0.326 e. The van der Waals surface area contributed by atoms with Gasteiger partial charge in [-0.05, 0) is 5.56 Å². The minimum Gasteiger partial charge on any atom is -0.480 e. The molecule has 0 unspecified atom stereocenters. The van der Waals surface area contributed by atoms with Gasteiger partial charge in [-0.1, -0.05) is 30.3 Å². The zero-order chi connectivity index (χ0) is 17.2. The molecule has 0 saturated heterocycles. The maximum Gasteiger partial charge on any atom is 0.326 e. The molecule has 1 aromatic rings. The summed E-state index contributed by atoms with van der Waals surface area (Å²) >= 11 is 0. The van der Waals surface area contributed by atoms with Crippen molar-refractivity contribution in [1.82, 2.24) is 16.2 Å². The summed E-state index contributed by atoms with van der Waals surface area (Å²) in [7, 11) is 0. The zero-order valence-electron chi connectivity index (χ0n) is 12.1. The number of carboxylic acid groups (broad SMARTS) is 2. The molecule has 1 aromatic carbocycles. The van der Waals surface area contributed by atoms with Crippen molar-refractivity contribution in [2.45, 2.75) is 24.9 Å². The fraction of sp³-hybridized carbons (Fsp3) is 0.286. The van der Waals surface area contributed by atoms with Gasteiger partial charge in [0.1, 0.15) is 12.1 Å². The Labute approximate surface area is 131 Å². The molecule has 0 heterocycles. The first-order valence-electron chi connectivity index (χ1n) is 6.67. The van der Waals surface area contributed by atoms with Crippen LogP contribution in [0, 0.1) is 0 Å². The molecule has 0 bridgehead atoms. The van der Waals surface area contributed by atoms with Crippen LogP contribution in [-0.4, -0.2) is 46.6 Å². The number of carbonyl (C=O) groups is 4. The lowest BCUT2D eigenvalue weighted by molar-refractivity contribution is -0.143. The van der Waals surface area contributed by atoms with Crippen LogP contribution in [-0.2, 0) is 25.6 Å². The molecule has 0 aromatic heterocycles. The topological polar surface area (TPSA) is 145 Å². The van der Waals surface area contributed by atoms with Crippen molar-refractivity contribution in [3.63, 3.8) is 0 Å². The van der Waals surface area contributed by atoms with E-state index in [1.165, 1.54) is 0 Å². The molecule has 0 aliphatic rings. The Hall–Kier alpha value is -2.94. The summed E-state index contributed by atoms with van der Waals surface area (Å²) in [6.45, 7) is 0. The second-order valence-electron chi connectivity index (χ2n) is 4.65. The van der Waals surface area contributed by atoms with E-state index in [2.05, 4.69) is 10.9 Å². The van der Waals surface area contributed by atoms with Gasteiger partial charge in [-0.15, -0.1) is 0 Å². The number of carbonyl (C=O) groups excluding carboxylic acids is 2. The van der Waals surface area contributed by atoms with Crippen molar-refractivity contribution in [3.8, 4) is 0 Å². The second kappa shape index (κ2) is 9.15. The summed E-state index contributed by atoms with van der Waals surface area (Å²) in [6, 6.07) is 6.34. The van der Waals surface area contributed by atoms with E-state index in [1.54, 1.807) is 30.3 Å². The van der Waals surface area contributed by atoms with E-state index in [4.69, 9.17) is 10.2 Å². The lowest BCUT2D eigenvalue weighted by Gasteiger charge is -2.16. The zero-order valence-corrected chi connectivity index (χ0v) is 12.1. The Morgan fingerprint density at radius 3 is 2.17 bits per heavy atom. The van der Waals surface area contributed by atoms with Crippen molar-refractivity contribution < 1.29 is 29.4 Å². The highest BCUT2D eigenvalue weighted by Gasteiger charge is 2.22. The Morgan fingerprint density at radius 1 is 1.04 bits per heavy atom. The number of amides is 2. The van der Waals surface area contributed by atoms with Gasteiger partial charge < -0.3 is 15.5 Å². The van der Waals surface area contributed by atoms with Crippen LogP contribution in [0.3, 0.4) is 0 Å². The van der Waals surface area contributed by atoms with Crippen molar-refractivity contribution in [2.75, 3.05) is 0 Å². The van der Waals surface area contributed by atoms with Gasteiger partial charge in [0.25, 0.3) is 0 Å². The summed E-state index contributed by atoms with van der Waals surface area (Å²) in [4.78, 5) is 43.9. The second-order valence-corrected chi connectivity index (χ2v) is 4.65. The van der Waals surface area contributed by atoms with Gasteiger partial charge in [0, 0.05) is 6.42 Å². The first kappa shape index (κ1) is 18.1. The maximum absolute atomic E-state index is 11.6. The van der Waals surface area contributed by atoms with Gasteiger partial charge >= 0.3 is 11.9 Å². The third-order valence-electron chi connectivity index (χ3n) is 2.92. The number of hydrogen-bond donors (Lipinski definition) is 5. The predicted octanol–water partition coefficient (Wildman–Crippen LogP) is -1.11. The number of nitrogens with one attached hydrogen (secondary N) is 3. The first-order chi connectivity index (χ1) is 10.9. The minimum atomic E-state index is -1.38. The molecule has 9 heteroatoms. The molecule has 0 aliphatic heterocycles. The van der Waals surface area contributed by atoms with Gasteiger partial charge in [0.05, 0.1) is 6.42 Å². The summed E-state index contributed by atoms with van der Waals surface area (Å²) in [5.41, 5.74) is 5.24. The molecule has 0 fully saturated rings. The van der Waals surface area contributed by atoms with Crippen LogP contribution in [0.2, 0.25) is 0 Å². The van der Waals surface area contributed by atoms with Crippen LogP contribution in [0.25, 0.3) is 0 Å². The van der Waals surface area contributed by atoms with Gasteiger partial charge in [0.15, 0.2) is 0 Å². The van der Waals surface area contributed by atoms with Crippen molar-refractivity contribution in [3.05, 3.63) is 35.9 Å². The first-order valence-corrected chi connectivity index (χ1v) is 6.67. The standard InChI is InChI=1S/C14H17N3O6/c18-8-15-10(13(20)21)7-12(19)17-16-11(14(22)23)6-9-4-2-1-3-5-9/h1-5,8,10-11,16H,6-7H2,(H,15,18)(H,17,19)(H,20,21)(H,22,23)/t10-,11-/m0/s1. The van der Waals surface area contributed by atoms with Gasteiger partial charge in [-0.2, -0.15) is 0 Å². The molecule has 0 radical (unpaired) electrons. The monoisotopic (exact) mass is 323 g/mol.